The molecule has 2 heterocycles. The van der Waals surface area contributed by atoms with Crippen molar-refractivity contribution in [1.29, 1.82) is 0 Å². The van der Waals surface area contributed by atoms with E-state index < -0.39 is 0 Å². The van der Waals surface area contributed by atoms with Gasteiger partial charge in [-0.05, 0) is 18.3 Å². The van der Waals surface area contributed by atoms with Crippen LogP contribution in [0.4, 0.5) is 5.13 Å². The van der Waals surface area contributed by atoms with Crippen LogP contribution in [0, 0.1) is 11.8 Å². The number of piperidine rings is 1. The topological polar surface area (TPSA) is 36.4 Å². The number of aliphatic hydroxyl groups excluding tert-OH is 1. The average Bonchev–Trinajstić information content (AvgIpc) is 2.95. The summed E-state index contributed by atoms with van der Waals surface area (Å²) in [4.78, 5) is 8.16. The summed E-state index contributed by atoms with van der Waals surface area (Å²) in [5.74, 6) is 1.48. The van der Waals surface area contributed by atoms with Crippen LogP contribution < -0.4 is 4.90 Å². The van der Waals surface area contributed by atoms with E-state index in [0.29, 0.717) is 5.92 Å². The Labute approximate surface area is 130 Å². The van der Waals surface area contributed by atoms with Crippen molar-refractivity contribution in [2.45, 2.75) is 26.9 Å². The number of benzene rings is 1. The number of thiazole rings is 1. The highest BCUT2D eigenvalue weighted by atomic mass is 32.1. The Balaban J connectivity index is 1.90. The summed E-state index contributed by atoms with van der Waals surface area (Å²) >= 11 is 1.63. The van der Waals surface area contributed by atoms with Gasteiger partial charge in [0.05, 0.1) is 17.2 Å². The number of anilines is 1. The van der Waals surface area contributed by atoms with Crippen LogP contribution in [-0.4, -0.2) is 23.2 Å². The van der Waals surface area contributed by atoms with Crippen LogP contribution in [0.5, 0.6) is 0 Å². The summed E-state index contributed by atoms with van der Waals surface area (Å²) in [6.45, 7) is 6.83. The number of nitrogens with zero attached hydrogens (tertiary/aromatic N) is 2. The molecule has 1 aliphatic heterocycles. The summed E-state index contributed by atoms with van der Waals surface area (Å²) in [6, 6.07) is 10.1. The smallest absolute Gasteiger partial charge is 0.186 e. The molecule has 0 saturated carbocycles. The van der Waals surface area contributed by atoms with Crippen LogP contribution in [0.25, 0.3) is 11.3 Å². The molecule has 2 aromatic rings. The zero-order valence-electron chi connectivity index (χ0n) is 12.6. The van der Waals surface area contributed by atoms with Crippen molar-refractivity contribution in [2.24, 2.45) is 11.8 Å². The molecule has 1 aromatic carbocycles. The first-order chi connectivity index (χ1) is 10.2. The van der Waals surface area contributed by atoms with Crippen LogP contribution in [0.2, 0.25) is 0 Å². The molecule has 0 spiro atoms. The van der Waals surface area contributed by atoms with Gasteiger partial charge in [0.15, 0.2) is 5.13 Å². The van der Waals surface area contributed by atoms with Crippen molar-refractivity contribution in [1.82, 2.24) is 4.98 Å². The summed E-state index contributed by atoms with van der Waals surface area (Å²) < 4.78 is 0. The molecule has 0 radical (unpaired) electrons. The van der Waals surface area contributed by atoms with E-state index in [1.54, 1.807) is 11.3 Å². The Morgan fingerprint density at radius 1 is 1.24 bits per heavy atom. The van der Waals surface area contributed by atoms with Crippen LogP contribution >= 0.6 is 11.3 Å². The van der Waals surface area contributed by atoms with Crippen molar-refractivity contribution in [3.8, 4) is 11.3 Å². The molecule has 1 N–H and O–H groups in total. The molecular formula is C17H22N2OS. The van der Waals surface area contributed by atoms with E-state index in [4.69, 9.17) is 4.98 Å². The van der Waals surface area contributed by atoms with Gasteiger partial charge in [0, 0.05) is 18.7 Å². The highest BCUT2D eigenvalue weighted by Crippen LogP contribution is 2.35. The molecule has 112 valence electrons. The Morgan fingerprint density at radius 3 is 2.67 bits per heavy atom. The molecule has 0 bridgehead atoms. The highest BCUT2D eigenvalue weighted by Gasteiger charge is 2.25. The minimum Gasteiger partial charge on any atom is -0.391 e. The lowest BCUT2D eigenvalue weighted by Gasteiger charge is -2.35. The lowest BCUT2D eigenvalue weighted by atomic mass is 9.89. The normalized spacial score (nSPS) is 22.5. The molecule has 21 heavy (non-hydrogen) atoms. The Kier molecular flexibility index (Phi) is 4.27. The third-order valence-electron chi connectivity index (χ3n) is 4.48. The monoisotopic (exact) mass is 302 g/mol. The second-order valence-corrected chi connectivity index (χ2v) is 7.04. The van der Waals surface area contributed by atoms with Crippen molar-refractivity contribution in [3.63, 3.8) is 0 Å². The van der Waals surface area contributed by atoms with E-state index in [1.165, 1.54) is 6.42 Å². The van der Waals surface area contributed by atoms with E-state index in [0.717, 1.165) is 40.3 Å². The molecule has 1 aromatic heterocycles. The number of hydrogen-bond donors (Lipinski definition) is 1. The maximum Gasteiger partial charge on any atom is 0.186 e. The number of aromatic nitrogens is 1. The number of aliphatic hydroxyl groups is 1. The second kappa shape index (κ2) is 6.16. The molecule has 0 aliphatic carbocycles. The lowest BCUT2D eigenvalue weighted by Crippen LogP contribution is -2.38. The maximum atomic E-state index is 9.64. The van der Waals surface area contributed by atoms with Crippen molar-refractivity contribution in [3.05, 3.63) is 35.2 Å². The fraction of sp³-hybridized carbons (Fsp3) is 0.471. The molecule has 0 amide bonds. The lowest BCUT2D eigenvalue weighted by molar-refractivity contribution is 0.286. The van der Waals surface area contributed by atoms with Crippen molar-refractivity contribution < 1.29 is 5.11 Å². The van der Waals surface area contributed by atoms with Gasteiger partial charge >= 0.3 is 0 Å². The minimum absolute atomic E-state index is 0.0572. The van der Waals surface area contributed by atoms with E-state index in [1.807, 2.05) is 18.2 Å². The molecule has 3 nitrogen and oxygen atoms in total. The standard InChI is InChI=1S/C17H22N2OS/c1-12-8-9-19(10-13(12)2)17-18-16(15(11-20)21-17)14-6-4-3-5-7-14/h3-7,12-13,20H,8-11H2,1-2H3. The fourth-order valence-corrected chi connectivity index (χ4v) is 3.82. The van der Waals surface area contributed by atoms with Crippen molar-refractivity contribution >= 4 is 16.5 Å². The van der Waals surface area contributed by atoms with Crippen LogP contribution in [0.1, 0.15) is 25.1 Å². The quantitative estimate of drug-likeness (QED) is 0.937. The minimum atomic E-state index is 0.0572. The molecule has 2 atom stereocenters. The van der Waals surface area contributed by atoms with Gasteiger partial charge in [-0.3, -0.25) is 0 Å². The zero-order chi connectivity index (χ0) is 14.8. The van der Waals surface area contributed by atoms with Gasteiger partial charge in [0.2, 0.25) is 0 Å². The van der Waals surface area contributed by atoms with Gasteiger partial charge in [0.1, 0.15) is 0 Å². The summed E-state index contributed by atoms with van der Waals surface area (Å²) in [5, 5.41) is 10.7. The van der Waals surface area contributed by atoms with E-state index in [2.05, 4.69) is 30.9 Å². The summed E-state index contributed by atoms with van der Waals surface area (Å²) in [6.07, 6.45) is 1.22. The first-order valence-corrected chi connectivity index (χ1v) is 8.41. The van der Waals surface area contributed by atoms with Gasteiger partial charge in [-0.15, -0.1) is 0 Å². The van der Waals surface area contributed by atoms with E-state index >= 15 is 0 Å². The van der Waals surface area contributed by atoms with E-state index in [-0.39, 0.29) is 6.61 Å². The van der Waals surface area contributed by atoms with Gasteiger partial charge in [-0.25, -0.2) is 4.98 Å². The molecule has 1 saturated heterocycles. The highest BCUT2D eigenvalue weighted by molar-refractivity contribution is 7.16. The summed E-state index contributed by atoms with van der Waals surface area (Å²) in [7, 11) is 0. The number of rotatable bonds is 3. The largest absolute Gasteiger partial charge is 0.391 e. The molecule has 4 heteroatoms. The second-order valence-electron chi connectivity index (χ2n) is 5.98. The van der Waals surface area contributed by atoms with Gasteiger partial charge < -0.3 is 10.0 Å². The molecule has 2 unspecified atom stereocenters. The van der Waals surface area contributed by atoms with Crippen LogP contribution in [-0.2, 0) is 6.61 Å². The number of hydrogen-bond acceptors (Lipinski definition) is 4. The molecule has 1 fully saturated rings. The molecule has 3 rings (SSSR count). The van der Waals surface area contributed by atoms with Crippen LogP contribution in [0.3, 0.4) is 0 Å². The summed E-state index contributed by atoms with van der Waals surface area (Å²) in [5.41, 5.74) is 2.02. The van der Waals surface area contributed by atoms with Gasteiger partial charge in [-0.2, -0.15) is 0 Å². The Hall–Kier alpha value is -1.39. The first kappa shape index (κ1) is 14.5. The third kappa shape index (κ3) is 2.97. The predicted octanol–water partition coefficient (Wildman–Crippen LogP) is 3.78. The first-order valence-electron chi connectivity index (χ1n) is 7.60. The average molecular weight is 302 g/mol. The van der Waals surface area contributed by atoms with Crippen LogP contribution in [0.15, 0.2) is 30.3 Å². The van der Waals surface area contributed by atoms with Crippen molar-refractivity contribution in [2.75, 3.05) is 18.0 Å². The molecular weight excluding hydrogens is 280 g/mol. The maximum absolute atomic E-state index is 9.64. The van der Waals surface area contributed by atoms with E-state index in [9.17, 15) is 5.11 Å². The van der Waals surface area contributed by atoms with Gasteiger partial charge in [-0.1, -0.05) is 55.5 Å². The Morgan fingerprint density at radius 2 is 2.00 bits per heavy atom. The zero-order valence-corrected chi connectivity index (χ0v) is 13.4. The predicted molar refractivity (Wildman–Crippen MR) is 88.6 cm³/mol. The van der Waals surface area contributed by atoms with Gasteiger partial charge in [0.25, 0.3) is 0 Å². The SMILES string of the molecule is CC1CCN(c2nc(-c3ccccc3)c(CO)s2)CC1C. The molecule has 1 aliphatic rings. The third-order valence-corrected chi connectivity index (χ3v) is 5.58. The fourth-order valence-electron chi connectivity index (χ4n) is 2.84. The Bertz CT molecular complexity index is 596.